The molecule has 68 valence electrons. The summed E-state index contributed by atoms with van der Waals surface area (Å²) in [6.45, 7) is 3.84. The van der Waals surface area contributed by atoms with Crippen LogP contribution in [0.15, 0.2) is 42.5 Å². The van der Waals surface area contributed by atoms with E-state index in [2.05, 4.69) is 0 Å². The van der Waals surface area contributed by atoms with E-state index in [1.807, 2.05) is 56.3 Å². The second-order valence-electron chi connectivity index (χ2n) is 3.04. The molecule has 0 bridgehead atoms. The summed E-state index contributed by atoms with van der Waals surface area (Å²) < 4.78 is 0. The van der Waals surface area contributed by atoms with E-state index < -0.39 is 0 Å². The maximum Gasteiger partial charge on any atom is 0.169 e. The Kier molecular flexibility index (Phi) is 3.44. The maximum atomic E-state index is 11.7. The Hall–Kier alpha value is -1.37. The predicted octanol–water partition coefficient (Wildman–Crippen LogP) is 3.08. The number of hydrogen-bond donors (Lipinski definition) is 0. The molecule has 0 aromatic heterocycles. The van der Waals surface area contributed by atoms with E-state index in [4.69, 9.17) is 0 Å². The third-order valence-corrected chi connectivity index (χ3v) is 1.95. The van der Waals surface area contributed by atoms with Crippen LogP contribution in [0.1, 0.15) is 24.2 Å². The first-order chi connectivity index (χ1) is 6.25. The van der Waals surface area contributed by atoms with Gasteiger partial charge in [0, 0.05) is 11.5 Å². The van der Waals surface area contributed by atoms with Crippen molar-refractivity contribution >= 4 is 5.78 Å². The highest BCUT2D eigenvalue weighted by molar-refractivity contribution is 5.98. The van der Waals surface area contributed by atoms with Crippen LogP contribution in [0.3, 0.4) is 0 Å². The molecule has 1 aromatic carbocycles. The van der Waals surface area contributed by atoms with Gasteiger partial charge in [-0.15, -0.1) is 0 Å². The van der Waals surface area contributed by atoms with Crippen LogP contribution < -0.4 is 0 Å². The summed E-state index contributed by atoms with van der Waals surface area (Å²) in [5.74, 6) is 0.158. The SMILES string of the molecule is C/C=C/[C@@H](C)C(=O)c1ccccc1. The van der Waals surface area contributed by atoms with Gasteiger partial charge in [0.05, 0.1) is 0 Å². The lowest BCUT2D eigenvalue weighted by molar-refractivity contribution is 0.0953. The largest absolute Gasteiger partial charge is 0.294 e. The quantitative estimate of drug-likeness (QED) is 0.508. The van der Waals surface area contributed by atoms with Gasteiger partial charge in [0.1, 0.15) is 0 Å². The fourth-order valence-electron chi connectivity index (χ4n) is 1.24. The van der Waals surface area contributed by atoms with Crippen molar-refractivity contribution in [3.05, 3.63) is 48.0 Å². The van der Waals surface area contributed by atoms with Crippen LogP contribution in [0, 0.1) is 5.92 Å². The van der Waals surface area contributed by atoms with Gasteiger partial charge in [0.25, 0.3) is 0 Å². The number of hydrogen-bond acceptors (Lipinski definition) is 1. The number of carbonyl (C=O) groups excluding carboxylic acids is 1. The average molecular weight is 174 g/mol. The molecule has 0 radical (unpaired) electrons. The van der Waals surface area contributed by atoms with E-state index >= 15 is 0 Å². The fraction of sp³-hybridized carbons (Fsp3) is 0.250. The van der Waals surface area contributed by atoms with Crippen LogP contribution in [0.25, 0.3) is 0 Å². The molecule has 0 fully saturated rings. The van der Waals surface area contributed by atoms with Gasteiger partial charge in [0.15, 0.2) is 5.78 Å². The Balaban J connectivity index is 2.80. The van der Waals surface area contributed by atoms with E-state index in [1.165, 1.54) is 0 Å². The topological polar surface area (TPSA) is 17.1 Å². The second-order valence-corrected chi connectivity index (χ2v) is 3.04. The van der Waals surface area contributed by atoms with Gasteiger partial charge < -0.3 is 0 Å². The molecule has 0 aliphatic rings. The van der Waals surface area contributed by atoms with Crippen LogP contribution >= 0.6 is 0 Å². The van der Waals surface area contributed by atoms with Crippen molar-refractivity contribution in [3.8, 4) is 0 Å². The zero-order valence-electron chi connectivity index (χ0n) is 8.03. The smallest absolute Gasteiger partial charge is 0.169 e. The molecular formula is C12H14O. The summed E-state index contributed by atoms with van der Waals surface area (Å²) in [6, 6.07) is 9.38. The van der Waals surface area contributed by atoms with Crippen LogP contribution in [0.4, 0.5) is 0 Å². The Bertz CT molecular complexity index is 298. The van der Waals surface area contributed by atoms with E-state index in [-0.39, 0.29) is 11.7 Å². The van der Waals surface area contributed by atoms with Crippen molar-refractivity contribution in [1.82, 2.24) is 0 Å². The first kappa shape index (κ1) is 9.72. The van der Waals surface area contributed by atoms with Crippen LogP contribution in [0.5, 0.6) is 0 Å². The highest BCUT2D eigenvalue weighted by Crippen LogP contribution is 2.09. The molecule has 0 heterocycles. The first-order valence-electron chi connectivity index (χ1n) is 4.47. The van der Waals surface area contributed by atoms with Gasteiger partial charge in [-0.25, -0.2) is 0 Å². The van der Waals surface area contributed by atoms with Crippen molar-refractivity contribution < 1.29 is 4.79 Å². The minimum atomic E-state index is -0.0209. The van der Waals surface area contributed by atoms with Gasteiger partial charge in [-0.2, -0.15) is 0 Å². The van der Waals surface area contributed by atoms with Gasteiger partial charge in [0.2, 0.25) is 0 Å². The Labute approximate surface area is 79.1 Å². The molecule has 1 nitrogen and oxygen atoms in total. The lowest BCUT2D eigenvalue weighted by Gasteiger charge is -2.04. The van der Waals surface area contributed by atoms with Crippen molar-refractivity contribution in [3.63, 3.8) is 0 Å². The van der Waals surface area contributed by atoms with Gasteiger partial charge in [-0.3, -0.25) is 4.79 Å². The molecule has 1 heteroatoms. The van der Waals surface area contributed by atoms with Crippen LogP contribution in [0.2, 0.25) is 0 Å². The normalized spacial score (nSPS) is 13.1. The van der Waals surface area contributed by atoms with E-state index in [1.54, 1.807) is 0 Å². The van der Waals surface area contributed by atoms with E-state index in [0.29, 0.717) is 0 Å². The number of ketones is 1. The number of benzene rings is 1. The molecule has 0 saturated heterocycles. The second kappa shape index (κ2) is 4.61. The summed E-state index contributed by atoms with van der Waals surface area (Å²) in [5, 5.41) is 0. The fourth-order valence-corrected chi connectivity index (χ4v) is 1.24. The Morgan fingerprint density at radius 1 is 1.31 bits per heavy atom. The summed E-state index contributed by atoms with van der Waals surface area (Å²) in [4.78, 5) is 11.7. The van der Waals surface area contributed by atoms with Gasteiger partial charge >= 0.3 is 0 Å². The number of allylic oxidation sites excluding steroid dienone is 2. The lowest BCUT2D eigenvalue weighted by Crippen LogP contribution is -2.08. The number of carbonyl (C=O) groups is 1. The van der Waals surface area contributed by atoms with Crippen molar-refractivity contribution in [2.75, 3.05) is 0 Å². The van der Waals surface area contributed by atoms with Crippen molar-refractivity contribution in [1.29, 1.82) is 0 Å². The standard InChI is InChI=1S/C12H14O/c1-3-7-10(2)12(13)11-8-5-4-6-9-11/h3-10H,1-2H3/b7-3+/t10-/m1/s1. The molecule has 1 rings (SSSR count). The summed E-state index contributed by atoms with van der Waals surface area (Å²) in [7, 11) is 0. The van der Waals surface area contributed by atoms with Gasteiger partial charge in [-0.05, 0) is 6.92 Å². The third-order valence-electron chi connectivity index (χ3n) is 1.95. The molecule has 0 unspecified atom stereocenters. The first-order valence-corrected chi connectivity index (χ1v) is 4.47. The lowest BCUT2D eigenvalue weighted by atomic mass is 9.99. The minimum absolute atomic E-state index is 0.0209. The van der Waals surface area contributed by atoms with Crippen LogP contribution in [-0.4, -0.2) is 5.78 Å². The molecule has 1 atom stereocenters. The zero-order chi connectivity index (χ0) is 9.68. The molecule has 0 N–H and O–H groups in total. The molecule has 0 saturated carbocycles. The Morgan fingerprint density at radius 2 is 1.92 bits per heavy atom. The number of rotatable bonds is 3. The predicted molar refractivity (Wildman–Crippen MR) is 54.8 cm³/mol. The van der Waals surface area contributed by atoms with Gasteiger partial charge in [-0.1, -0.05) is 49.4 Å². The summed E-state index contributed by atoms with van der Waals surface area (Å²) in [6.07, 6.45) is 3.82. The Morgan fingerprint density at radius 3 is 2.46 bits per heavy atom. The summed E-state index contributed by atoms with van der Waals surface area (Å²) in [5.41, 5.74) is 0.785. The number of Topliss-reactive ketones (excluding diaryl/α,β-unsaturated/α-hetero) is 1. The molecular weight excluding hydrogens is 160 g/mol. The molecule has 13 heavy (non-hydrogen) atoms. The minimum Gasteiger partial charge on any atom is -0.294 e. The average Bonchev–Trinajstić information content (AvgIpc) is 2.18. The van der Waals surface area contributed by atoms with Crippen LogP contribution in [-0.2, 0) is 0 Å². The monoisotopic (exact) mass is 174 g/mol. The molecule has 0 aliphatic carbocycles. The van der Waals surface area contributed by atoms with E-state index in [9.17, 15) is 4.79 Å². The highest BCUT2D eigenvalue weighted by atomic mass is 16.1. The summed E-state index contributed by atoms with van der Waals surface area (Å²) >= 11 is 0. The van der Waals surface area contributed by atoms with E-state index in [0.717, 1.165) is 5.56 Å². The highest BCUT2D eigenvalue weighted by Gasteiger charge is 2.10. The molecule has 0 spiro atoms. The zero-order valence-corrected chi connectivity index (χ0v) is 8.03. The maximum absolute atomic E-state index is 11.7. The van der Waals surface area contributed by atoms with Crippen molar-refractivity contribution in [2.45, 2.75) is 13.8 Å². The molecule has 0 aliphatic heterocycles. The molecule has 0 amide bonds. The van der Waals surface area contributed by atoms with Crippen molar-refractivity contribution in [2.24, 2.45) is 5.92 Å². The third kappa shape index (κ3) is 2.55. The molecule has 1 aromatic rings.